The molecule has 6 heteroatoms. The minimum absolute atomic E-state index is 0.284. The molecule has 6 nitrogen and oxygen atoms in total. The maximum atomic E-state index is 11.4. The number of hydrogen-bond donors (Lipinski definition) is 1. The van der Waals surface area contributed by atoms with Crippen LogP contribution in [0.1, 0.15) is 20.8 Å². The lowest BCUT2D eigenvalue weighted by molar-refractivity contribution is -0.148. The molecule has 17 heavy (non-hydrogen) atoms. The molecule has 0 aromatic carbocycles. The van der Waals surface area contributed by atoms with Crippen molar-refractivity contribution in [2.24, 2.45) is 5.41 Å². The van der Waals surface area contributed by atoms with E-state index in [1.165, 1.54) is 13.8 Å². The molecule has 0 aromatic rings. The van der Waals surface area contributed by atoms with Crippen molar-refractivity contribution in [2.45, 2.75) is 20.8 Å². The average Bonchev–Trinajstić information content (AvgIpc) is 2.22. The fourth-order valence-electron chi connectivity index (χ4n) is 0.981. The van der Waals surface area contributed by atoms with Crippen molar-refractivity contribution in [1.82, 2.24) is 0 Å². The highest BCUT2D eigenvalue weighted by Gasteiger charge is 2.32. The average molecular weight is 242 g/mol. The van der Waals surface area contributed by atoms with Crippen LogP contribution >= 0.6 is 0 Å². The van der Waals surface area contributed by atoms with E-state index in [1.54, 1.807) is 0 Å². The number of rotatable bonds is 6. The van der Waals surface area contributed by atoms with Crippen molar-refractivity contribution in [3.8, 4) is 0 Å². The van der Waals surface area contributed by atoms with Gasteiger partial charge in [-0.25, -0.2) is 9.59 Å². The Bertz CT molecular complexity index is 377. The second-order valence-corrected chi connectivity index (χ2v) is 4.05. The zero-order valence-electron chi connectivity index (χ0n) is 9.85. The summed E-state index contributed by atoms with van der Waals surface area (Å²) in [5, 5.41) is 8.26. The molecule has 0 aliphatic rings. The van der Waals surface area contributed by atoms with Gasteiger partial charge < -0.3 is 9.84 Å². The van der Waals surface area contributed by atoms with Crippen LogP contribution in [0.25, 0.3) is 0 Å². The quantitative estimate of drug-likeness (QED) is 0.410. The number of aliphatic carboxylic acids is 1. The molecule has 0 saturated carbocycles. The molecule has 0 amide bonds. The molecule has 0 bridgehead atoms. The zero-order valence-corrected chi connectivity index (χ0v) is 9.85. The minimum atomic E-state index is -1.28. The van der Waals surface area contributed by atoms with Crippen molar-refractivity contribution in [3.63, 3.8) is 0 Å². The van der Waals surface area contributed by atoms with E-state index in [9.17, 15) is 19.2 Å². The van der Waals surface area contributed by atoms with E-state index in [1.807, 2.05) is 0 Å². The van der Waals surface area contributed by atoms with Crippen LogP contribution in [0.15, 0.2) is 12.2 Å². The SMILES string of the molecule is CC(=O)C(=O)C(C)(C)COC(=O)/C=C/C(=O)O. The molecule has 94 valence electrons. The van der Waals surface area contributed by atoms with Gasteiger partial charge >= 0.3 is 11.9 Å². The lowest BCUT2D eigenvalue weighted by Gasteiger charge is -2.20. The standard InChI is InChI=1S/C11H14O6/c1-7(12)10(16)11(2,3)6-17-9(15)5-4-8(13)14/h4-5H,6H2,1-3H3,(H,13,14)/b5-4+. The van der Waals surface area contributed by atoms with Crippen LogP contribution < -0.4 is 0 Å². The molecule has 0 aromatic heterocycles. The Hall–Kier alpha value is -1.98. The van der Waals surface area contributed by atoms with Crippen molar-refractivity contribution >= 4 is 23.5 Å². The Kier molecular flexibility index (Phi) is 5.24. The van der Waals surface area contributed by atoms with E-state index in [4.69, 9.17) is 5.11 Å². The van der Waals surface area contributed by atoms with Crippen LogP contribution in [-0.2, 0) is 23.9 Å². The van der Waals surface area contributed by atoms with E-state index < -0.39 is 28.9 Å². The van der Waals surface area contributed by atoms with Gasteiger partial charge in [-0.2, -0.15) is 0 Å². The summed E-state index contributed by atoms with van der Waals surface area (Å²) in [6.07, 6.45) is 1.36. The van der Waals surface area contributed by atoms with Gasteiger partial charge in [0.1, 0.15) is 6.61 Å². The van der Waals surface area contributed by atoms with E-state index in [-0.39, 0.29) is 6.61 Å². The third kappa shape index (κ3) is 5.60. The maximum Gasteiger partial charge on any atom is 0.331 e. The summed E-state index contributed by atoms with van der Waals surface area (Å²) in [6, 6.07) is 0. The Morgan fingerprint density at radius 3 is 2.12 bits per heavy atom. The van der Waals surface area contributed by atoms with Gasteiger partial charge in [-0.05, 0) is 13.8 Å². The molecule has 0 aliphatic heterocycles. The normalized spacial score (nSPS) is 11.2. The highest BCUT2D eigenvalue weighted by molar-refractivity contribution is 6.38. The zero-order chi connectivity index (χ0) is 13.6. The summed E-state index contributed by atoms with van der Waals surface area (Å²) in [4.78, 5) is 43.4. The van der Waals surface area contributed by atoms with Crippen LogP contribution in [0.4, 0.5) is 0 Å². The largest absolute Gasteiger partial charge is 0.478 e. The Labute approximate surface area is 98.3 Å². The number of ketones is 2. The molecule has 0 saturated heterocycles. The van der Waals surface area contributed by atoms with Gasteiger partial charge in [0.15, 0.2) is 5.78 Å². The van der Waals surface area contributed by atoms with Crippen molar-refractivity contribution in [3.05, 3.63) is 12.2 Å². The van der Waals surface area contributed by atoms with Crippen LogP contribution in [0, 0.1) is 5.41 Å². The number of ether oxygens (including phenoxy) is 1. The lowest BCUT2D eigenvalue weighted by atomic mass is 9.87. The molecular formula is C11H14O6. The number of carboxylic acid groups (broad SMARTS) is 1. The molecule has 0 heterocycles. The van der Waals surface area contributed by atoms with Crippen molar-refractivity contribution in [2.75, 3.05) is 6.61 Å². The number of esters is 1. The van der Waals surface area contributed by atoms with E-state index in [0.717, 1.165) is 13.0 Å². The van der Waals surface area contributed by atoms with E-state index in [0.29, 0.717) is 6.08 Å². The predicted octanol–water partition coefficient (Wildman–Crippen LogP) is 0.355. The van der Waals surface area contributed by atoms with Gasteiger partial charge in [-0.1, -0.05) is 0 Å². The summed E-state index contributed by atoms with van der Waals surface area (Å²) < 4.78 is 4.67. The summed E-state index contributed by atoms with van der Waals surface area (Å²) >= 11 is 0. The number of carbonyl (C=O) groups excluding carboxylic acids is 3. The second-order valence-electron chi connectivity index (χ2n) is 4.05. The fraction of sp³-hybridized carbons (Fsp3) is 0.455. The molecule has 0 aliphatic carbocycles. The summed E-state index contributed by atoms with van der Waals surface area (Å²) in [5.74, 6) is -3.42. The number of carbonyl (C=O) groups is 4. The van der Waals surface area contributed by atoms with Crippen molar-refractivity contribution < 1.29 is 29.0 Å². The molecule has 0 unspecified atom stereocenters. The summed E-state index contributed by atoms with van der Waals surface area (Å²) in [5.41, 5.74) is -1.11. The molecule has 0 spiro atoms. The fourth-order valence-corrected chi connectivity index (χ4v) is 0.981. The smallest absolute Gasteiger partial charge is 0.331 e. The molecule has 0 atom stereocenters. The molecule has 0 radical (unpaired) electrons. The third-order valence-corrected chi connectivity index (χ3v) is 1.87. The number of carboxylic acids is 1. The molecular weight excluding hydrogens is 228 g/mol. The van der Waals surface area contributed by atoms with Gasteiger partial charge in [0.05, 0.1) is 5.41 Å². The first-order valence-corrected chi connectivity index (χ1v) is 4.80. The lowest BCUT2D eigenvalue weighted by Crippen LogP contribution is -2.34. The minimum Gasteiger partial charge on any atom is -0.478 e. The van der Waals surface area contributed by atoms with Gasteiger partial charge in [0.2, 0.25) is 5.78 Å². The Morgan fingerprint density at radius 2 is 1.71 bits per heavy atom. The van der Waals surface area contributed by atoms with Gasteiger partial charge in [-0.3, -0.25) is 9.59 Å². The Balaban J connectivity index is 4.37. The topological polar surface area (TPSA) is 97.7 Å². The highest BCUT2D eigenvalue weighted by atomic mass is 16.5. The van der Waals surface area contributed by atoms with Crippen LogP contribution in [0.5, 0.6) is 0 Å². The van der Waals surface area contributed by atoms with Crippen LogP contribution in [0.2, 0.25) is 0 Å². The van der Waals surface area contributed by atoms with Crippen molar-refractivity contribution in [1.29, 1.82) is 0 Å². The first-order valence-electron chi connectivity index (χ1n) is 4.80. The number of hydrogen-bond acceptors (Lipinski definition) is 5. The summed E-state index contributed by atoms with van der Waals surface area (Å²) in [6.45, 7) is 3.78. The predicted molar refractivity (Wildman–Crippen MR) is 57.2 cm³/mol. The first kappa shape index (κ1) is 15.0. The van der Waals surface area contributed by atoms with E-state index >= 15 is 0 Å². The molecule has 1 N–H and O–H groups in total. The second kappa shape index (κ2) is 5.93. The molecule has 0 fully saturated rings. The van der Waals surface area contributed by atoms with Gasteiger partial charge in [-0.15, -0.1) is 0 Å². The monoisotopic (exact) mass is 242 g/mol. The van der Waals surface area contributed by atoms with Gasteiger partial charge in [0.25, 0.3) is 0 Å². The van der Waals surface area contributed by atoms with Gasteiger partial charge in [0, 0.05) is 19.1 Å². The van der Waals surface area contributed by atoms with E-state index in [2.05, 4.69) is 4.74 Å². The Morgan fingerprint density at radius 1 is 1.18 bits per heavy atom. The highest BCUT2D eigenvalue weighted by Crippen LogP contribution is 2.17. The van der Waals surface area contributed by atoms with Crippen LogP contribution in [-0.4, -0.2) is 35.2 Å². The maximum absolute atomic E-state index is 11.4. The third-order valence-electron chi connectivity index (χ3n) is 1.87. The molecule has 0 rings (SSSR count). The first-order chi connectivity index (χ1) is 7.66. The number of Topliss-reactive ketones (excluding diaryl/α,β-unsaturated/α-hetero) is 2. The summed E-state index contributed by atoms with van der Waals surface area (Å²) in [7, 11) is 0. The van der Waals surface area contributed by atoms with Crippen LogP contribution in [0.3, 0.4) is 0 Å².